The van der Waals surface area contributed by atoms with Crippen LogP contribution in [0.4, 0.5) is 5.69 Å². The van der Waals surface area contributed by atoms with Gasteiger partial charge in [0.15, 0.2) is 0 Å². The zero-order chi connectivity index (χ0) is 15.5. The molecule has 0 aromatic heterocycles. The van der Waals surface area contributed by atoms with E-state index in [-0.39, 0.29) is 0 Å². The monoisotopic (exact) mass is 308 g/mol. The van der Waals surface area contributed by atoms with Gasteiger partial charge >= 0.3 is 0 Å². The van der Waals surface area contributed by atoms with Gasteiger partial charge in [-0.2, -0.15) is 0 Å². The van der Waals surface area contributed by atoms with E-state index in [0.717, 1.165) is 44.8 Å². The molecule has 23 heavy (non-hydrogen) atoms. The van der Waals surface area contributed by atoms with Crippen LogP contribution < -0.4 is 15.0 Å². The highest BCUT2D eigenvalue weighted by Crippen LogP contribution is 2.26. The number of benzene rings is 2. The van der Waals surface area contributed by atoms with Crippen LogP contribution in [0.3, 0.4) is 0 Å². The van der Waals surface area contributed by atoms with E-state index in [9.17, 15) is 0 Å². The Bertz CT molecular complexity index is 656. The molecule has 1 fully saturated rings. The van der Waals surface area contributed by atoms with Gasteiger partial charge in [0.1, 0.15) is 5.75 Å². The van der Waals surface area contributed by atoms with Crippen molar-refractivity contribution < 1.29 is 4.74 Å². The maximum Gasteiger partial charge on any atom is 0.122 e. The third kappa shape index (κ3) is 3.35. The molecule has 3 nitrogen and oxygen atoms in total. The fraction of sp³-hybridized carbons (Fsp3) is 0.400. The molecule has 0 saturated carbocycles. The number of rotatable bonds is 4. The second-order valence-corrected chi connectivity index (χ2v) is 6.54. The van der Waals surface area contributed by atoms with Gasteiger partial charge in [-0.3, -0.25) is 0 Å². The molecule has 120 valence electrons. The Balaban J connectivity index is 1.33. The number of nitrogens with zero attached hydrogens (tertiary/aromatic N) is 1. The van der Waals surface area contributed by atoms with E-state index < -0.39 is 0 Å². The molecule has 2 aliphatic heterocycles. The molecule has 0 amide bonds. The van der Waals surface area contributed by atoms with Gasteiger partial charge in [0.2, 0.25) is 0 Å². The van der Waals surface area contributed by atoms with Gasteiger partial charge in [0.05, 0.1) is 6.61 Å². The van der Waals surface area contributed by atoms with Crippen molar-refractivity contribution in [2.75, 3.05) is 24.6 Å². The lowest BCUT2D eigenvalue weighted by Gasteiger charge is -2.20. The number of para-hydroxylation sites is 1. The van der Waals surface area contributed by atoms with Crippen LogP contribution in [0.2, 0.25) is 0 Å². The first kappa shape index (κ1) is 14.6. The SMILES string of the molecule is c1ccc(N2CCC(NCc3ccc4c(c3)CCCO4)C2)cc1. The first-order valence-corrected chi connectivity index (χ1v) is 8.66. The van der Waals surface area contributed by atoms with E-state index in [0.29, 0.717) is 6.04 Å². The average Bonchev–Trinajstić information content (AvgIpc) is 3.10. The highest BCUT2D eigenvalue weighted by atomic mass is 16.5. The van der Waals surface area contributed by atoms with Crippen molar-refractivity contribution in [1.29, 1.82) is 0 Å². The summed E-state index contributed by atoms with van der Waals surface area (Å²) < 4.78 is 5.69. The first-order chi connectivity index (χ1) is 11.4. The van der Waals surface area contributed by atoms with Crippen molar-refractivity contribution in [1.82, 2.24) is 5.32 Å². The lowest BCUT2D eigenvalue weighted by Crippen LogP contribution is -2.32. The summed E-state index contributed by atoms with van der Waals surface area (Å²) in [6.07, 6.45) is 3.50. The predicted molar refractivity (Wildman–Crippen MR) is 94.2 cm³/mol. The molecule has 1 saturated heterocycles. The molecule has 0 bridgehead atoms. The van der Waals surface area contributed by atoms with Gasteiger partial charge in [-0.05, 0) is 48.6 Å². The summed E-state index contributed by atoms with van der Waals surface area (Å²) in [5, 5.41) is 3.72. The quantitative estimate of drug-likeness (QED) is 0.937. The van der Waals surface area contributed by atoms with Crippen LogP contribution in [0.1, 0.15) is 24.0 Å². The van der Waals surface area contributed by atoms with Crippen LogP contribution in [0.25, 0.3) is 0 Å². The number of fused-ring (bicyclic) bond motifs is 1. The van der Waals surface area contributed by atoms with E-state index >= 15 is 0 Å². The Kier molecular flexibility index (Phi) is 4.20. The van der Waals surface area contributed by atoms with Crippen LogP contribution in [0.5, 0.6) is 5.75 Å². The minimum Gasteiger partial charge on any atom is -0.493 e. The van der Waals surface area contributed by atoms with Crippen LogP contribution in [-0.2, 0) is 13.0 Å². The van der Waals surface area contributed by atoms with Gasteiger partial charge in [-0.1, -0.05) is 30.3 Å². The molecule has 2 aromatic rings. The average molecular weight is 308 g/mol. The molecule has 0 spiro atoms. The van der Waals surface area contributed by atoms with Gasteiger partial charge < -0.3 is 15.0 Å². The maximum atomic E-state index is 5.69. The molecule has 2 heterocycles. The maximum absolute atomic E-state index is 5.69. The normalized spacial score (nSPS) is 20.2. The molecule has 0 aliphatic carbocycles. The zero-order valence-corrected chi connectivity index (χ0v) is 13.5. The van der Waals surface area contributed by atoms with Crippen LogP contribution >= 0.6 is 0 Å². The number of hydrogen-bond acceptors (Lipinski definition) is 3. The van der Waals surface area contributed by atoms with Crippen molar-refractivity contribution in [2.24, 2.45) is 0 Å². The molecule has 1 N–H and O–H groups in total. The van der Waals surface area contributed by atoms with Crippen LogP contribution in [0, 0.1) is 0 Å². The van der Waals surface area contributed by atoms with Gasteiger partial charge in [-0.25, -0.2) is 0 Å². The number of ether oxygens (including phenoxy) is 1. The summed E-state index contributed by atoms with van der Waals surface area (Å²) in [6, 6.07) is 17.9. The zero-order valence-electron chi connectivity index (χ0n) is 13.5. The Hall–Kier alpha value is -2.00. The lowest BCUT2D eigenvalue weighted by atomic mass is 10.0. The molecule has 1 atom stereocenters. The number of anilines is 1. The van der Waals surface area contributed by atoms with Crippen LogP contribution in [0.15, 0.2) is 48.5 Å². The third-order valence-corrected chi connectivity index (χ3v) is 4.88. The summed E-state index contributed by atoms with van der Waals surface area (Å²) in [5.41, 5.74) is 4.07. The highest BCUT2D eigenvalue weighted by molar-refractivity contribution is 5.47. The summed E-state index contributed by atoms with van der Waals surface area (Å²) in [7, 11) is 0. The molecule has 3 heteroatoms. The number of hydrogen-bond donors (Lipinski definition) is 1. The molecular weight excluding hydrogens is 284 g/mol. The van der Waals surface area contributed by atoms with E-state index in [4.69, 9.17) is 4.74 Å². The minimum absolute atomic E-state index is 0.572. The van der Waals surface area contributed by atoms with Gasteiger partial charge in [0.25, 0.3) is 0 Å². The molecule has 4 rings (SSSR count). The highest BCUT2D eigenvalue weighted by Gasteiger charge is 2.22. The summed E-state index contributed by atoms with van der Waals surface area (Å²) in [5.74, 6) is 1.08. The molecule has 2 aliphatic rings. The number of nitrogens with one attached hydrogen (secondary N) is 1. The first-order valence-electron chi connectivity index (χ1n) is 8.66. The number of aryl methyl sites for hydroxylation is 1. The smallest absolute Gasteiger partial charge is 0.122 e. The fourth-order valence-electron chi connectivity index (χ4n) is 3.59. The largest absolute Gasteiger partial charge is 0.493 e. The molecule has 1 unspecified atom stereocenters. The third-order valence-electron chi connectivity index (χ3n) is 4.88. The molecular formula is C20H24N2O. The lowest BCUT2D eigenvalue weighted by molar-refractivity contribution is 0.288. The van der Waals surface area contributed by atoms with E-state index in [1.54, 1.807) is 0 Å². The van der Waals surface area contributed by atoms with E-state index in [1.807, 2.05) is 0 Å². The fourth-order valence-corrected chi connectivity index (χ4v) is 3.59. The summed E-state index contributed by atoms with van der Waals surface area (Å²) >= 11 is 0. The Morgan fingerprint density at radius 1 is 1.13 bits per heavy atom. The minimum atomic E-state index is 0.572. The van der Waals surface area contributed by atoms with Gasteiger partial charge in [-0.15, -0.1) is 0 Å². The Labute approximate surface area is 138 Å². The second kappa shape index (κ2) is 6.63. The second-order valence-electron chi connectivity index (χ2n) is 6.54. The van der Waals surface area contributed by atoms with Crippen molar-refractivity contribution >= 4 is 5.69 Å². The van der Waals surface area contributed by atoms with E-state index in [2.05, 4.69) is 58.7 Å². The van der Waals surface area contributed by atoms with Crippen LogP contribution in [-0.4, -0.2) is 25.7 Å². The summed E-state index contributed by atoms with van der Waals surface area (Å²) in [6.45, 7) is 4.04. The van der Waals surface area contributed by atoms with Crippen molar-refractivity contribution in [3.05, 3.63) is 59.7 Å². The predicted octanol–water partition coefficient (Wildman–Crippen LogP) is 3.38. The molecule has 2 aromatic carbocycles. The Morgan fingerprint density at radius 3 is 2.96 bits per heavy atom. The van der Waals surface area contributed by atoms with E-state index in [1.165, 1.54) is 23.2 Å². The van der Waals surface area contributed by atoms with Gasteiger partial charge in [0, 0.05) is 31.4 Å². The molecule has 0 radical (unpaired) electrons. The van der Waals surface area contributed by atoms with Crippen molar-refractivity contribution in [2.45, 2.75) is 31.8 Å². The summed E-state index contributed by atoms with van der Waals surface area (Å²) in [4.78, 5) is 2.47. The topological polar surface area (TPSA) is 24.5 Å². The van der Waals surface area contributed by atoms with Crippen molar-refractivity contribution in [3.63, 3.8) is 0 Å². The Morgan fingerprint density at radius 2 is 2.04 bits per heavy atom. The standard InChI is InChI=1S/C20H24N2O/c1-2-6-19(7-3-1)22-11-10-18(15-22)21-14-16-8-9-20-17(13-16)5-4-12-23-20/h1-3,6-9,13,18,21H,4-5,10-12,14-15H2. The van der Waals surface area contributed by atoms with Crippen molar-refractivity contribution in [3.8, 4) is 5.75 Å².